The van der Waals surface area contributed by atoms with E-state index in [4.69, 9.17) is 12.2 Å². The highest BCUT2D eigenvalue weighted by Gasteiger charge is 2.31. The minimum absolute atomic E-state index is 0.123. The van der Waals surface area contributed by atoms with Gasteiger partial charge in [0, 0.05) is 18.0 Å². The van der Waals surface area contributed by atoms with E-state index in [2.05, 4.69) is 5.92 Å². The summed E-state index contributed by atoms with van der Waals surface area (Å²) in [6.07, 6.45) is 1.92. The van der Waals surface area contributed by atoms with Crippen LogP contribution >= 0.6 is 0 Å². The van der Waals surface area contributed by atoms with Gasteiger partial charge in [-0.05, 0) is 31.0 Å². The highest BCUT2D eigenvalue weighted by atomic mass is 19.4. The van der Waals surface area contributed by atoms with Crippen LogP contribution in [0.3, 0.4) is 0 Å². The first-order valence-electron chi connectivity index (χ1n) is 5.42. The molecule has 0 aliphatic heterocycles. The molecular formula is C13H13F4N. The van der Waals surface area contributed by atoms with Crippen molar-refractivity contribution in [1.82, 2.24) is 0 Å². The molecule has 0 amide bonds. The van der Waals surface area contributed by atoms with Gasteiger partial charge in [-0.1, -0.05) is 0 Å². The van der Waals surface area contributed by atoms with Gasteiger partial charge in [0.25, 0.3) is 0 Å². The van der Waals surface area contributed by atoms with Gasteiger partial charge in [-0.15, -0.1) is 12.3 Å². The second-order valence-corrected chi connectivity index (χ2v) is 3.94. The van der Waals surface area contributed by atoms with Crippen LogP contribution in [0.1, 0.15) is 36.4 Å². The average Bonchev–Trinajstić information content (AvgIpc) is 2.28. The molecule has 1 aromatic carbocycles. The van der Waals surface area contributed by atoms with Gasteiger partial charge in [-0.3, -0.25) is 0 Å². The molecule has 0 heterocycles. The van der Waals surface area contributed by atoms with E-state index in [9.17, 15) is 17.6 Å². The van der Waals surface area contributed by atoms with E-state index in [1.165, 1.54) is 0 Å². The molecule has 2 N–H and O–H groups in total. The van der Waals surface area contributed by atoms with Crippen molar-refractivity contribution in [3.05, 3.63) is 35.1 Å². The van der Waals surface area contributed by atoms with Gasteiger partial charge in [-0.2, -0.15) is 13.2 Å². The van der Waals surface area contributed by atoms with Gasteiger partial charge in [0.2, 0.25) is 0 Å². The molecule has 0 bridgehead atoms. The Morgan fingerprint density at radius 3 is 2.56 bits per heavy atom. The Bertz CT molecular complexity index is 445. The fraction of sp³-hybridized carbons (Fsp3) is 0.385. The van der Waals surface area contributed by atoms with Crippen LogP contribution < -0.4 is 5.73 Å². The smallest absolute Gasteiger partial charge is 0.324 e. The first-order valence-corrected chi connectivity index (χ1v) is 5.42. The molecule has 1 unspecified atom stereocenters. The highest BCUT2D eigenvalue weighted by Crippen LogP contribution is 2.32. The first-order chi connectivity index (χ1) is 8.36. The van der Waals surface area contributed by atoms with E-state index in [0.29, 0.717) is 25.3 Å². The van der Waals surface area contributed by atoms with Gasteiger partial charge in [0.15, 0.2) is 0 Å². The molecule has 0 aromatic heterocycles. The summed E-state index contributed by atoms with van der Waals surface area (Å²) in [4.78, 5) is 0. The Balaban J connectivity index is 2.91. The Kier molecular flexibility index (Phi) is 4.74. The van der Waals surface area contributed by atoms with E-state index in [1.807, 2.05) is 0 Å². The number of halogens is 4. The summed E-state index contributed by atoms with van der Waals surface area (Å²) < 4.78 is 50.9. The normalized spacial score (nSPS) is 13.1. The Morgan fingerprint density at radius 2 is 2.00 bits per heavy atom. The Hall–Kier alpha value is -1.54. The van der Waals surface area contributed by atoms with E-state index >= 15 is 0 Å². The number of nitrogens with two attached hydrogens (primary N) is 1. The van der Waals surface area contributed by atoms with Gasteiger partial charge in [-0.25, -0.2) is 4.39 Å². The van der Waals surface area contributed by atoms with Crippen LogP contribution in [0.15, 0.2) is 18.2 Å². The van der Waals surface area contributed by atoms with Gasteiger partial charge in [0.05, 0.1) is 5.56 Å². The molecular weight excluding hydrogens is 246 g/mol. The molecule has 0 saturated carbocycles. The zero-order chi connectivity index (χ0) is 13.8. The molecule has 1 nitrogen and oxygen atoms in total. The van der Waals surface area contributed by atoms with Crippen molar-refractivity contribution in [2.75, 3.05) is 0 Å². The van der Waals surface area contributed by atoms with Crippen LogP contribution in [-0.4, -0.2) is 0 Å². The predicted octanol–water partition coefficient (Wildman–Crippen LogP) is 3.65. The molecule has 1 aromatic rings. The molecule has 5 heteroatoms. The summed E-state index contributed by atoms with van der Waals surface area (Å²) in [6.45, 7) is 0. The van der Waals surface area contributed by atoms with Crippen LogP contribution in [0.2, 0.25) is 0 Å². The summed E-state index contributed by atoms with van der Waals surface area (Å²) in [7, 11) is 0. The third-order valence-corrected chi connectivity index (χ3v) is 2.56. The lowest BCUT2D eigenvalue weighted by Crippen LogP contribution is -2.14. The predicted molar refractivity (Wildman–Crippen MR) is 61.0 cm³/mol. The molecule has 0 saturated heterocycles. The maximum Gasteiger partial charge on any atom is 0.416 e. The fourth-order valence-corrected chi connectivity index (χ4v) is 1.58. The van der Waals surface area contributed by atoms with Gasteiger partial charge in [0.1, 0.15) is 5.82 Å². The zero-order valence-electron chi connectivity index (χ0n) is 9.60. The monoisotopic (exact) mass is 259 g/mol. The molecule has 18 heavy (non-hydrogen) atoms. The van der Waals surface area contributed by atoms with Crippen LogP contribution in [0.5, 0.6) is 0 Å². The van der Waals surface area contributed by atoms with Crippen molar-refractivity contribution in [2.24, 2.45) is 5.73 Å². The standard InChI is InChI=1S/C13H13F4N/c1-2-3-4-5-12(18)10-8-9(13(15,16)17)6-7-11(10)14/h1,6-8,12H,3-5,18H2. The van der Waals surface area contributed by atoms with Crippen molar-refractivity contribution in [2.45, 2.75) is 31.5 Å². The van der Waals surface area contributed by atoms with E-state index < -0.39 is 23.6 Å². The summed E-state index contributed by atoms with van der Waals surface area (Å²) in [6, 6.07) is 1.47. The van der Waals surface area contributed by atoms with E-state index in [0.717, 1.165) is 12.1 Å². The second kappa shape index (κ2) is 5.87. The number of hydrogen-bond acceptors (Lipinski definition) is 1. The minimum Gasteiger partial charge on any atom is -0.324 e. The van der Waals surface area contributed by atoms with Crippen molar-refractivity contribution in [3.8, 4) is 12.3 Å². The zero-order valence-corrected chi connectivity index (χ0v) is 9.60. The number of rotatable bonds is 4. The summed E-state index contributed by atoms with van der Waals surface area (Å²) in [5, 5.41) is 0. The lowest BCUT2D eigenvalue weighted by atomic mass is 9.99. The lowest BCUT2D eigenvalue weighted by molar-refractivity contribution is -0.137. The molecule has 0 aliphatic carbocycles. The van der Waals surface area contributed by atoms with Crippen molar-refractivity contribution in [1.29, 1.82) is 0 Å². The largest absolute Gasteiger partial charge is 0.416 e. The Labute approximate surface area is 103 Å². The molecule has 0 spiro atoms. The van der Waals surface area contributed by atoms with Crippen LogP contribution in [0, 0.1) is 18.2 Å². The molecule has 1 rings (SSSR count). The summed E-state index contributed by atoms with van der Waals surface area (Å²) in [5.41, 5.74) is 4.65. The molecule has 0 aliphatic rings. The van der Waals surface area contributed by atoms with Crippen LogP contribution in [-0.2, 0) is 6.18 Å². The summed E-state index contributed by atoms with van der Waals surface area (Å²) >= 11 is 0. The highest BCUT2D eigenvalue weighted by molar-refractivity contribution is 5.29. The topological polar surface area (TPSA) is 26.0 Å². The SMILES string of the molecule is C#CCCCC(N)c1cc(C(F)(F)F)ccc1F. The van der Waals surface area contributed by atoms with E-state index in [1.54, 1.807) is 0 Å². The number of benzene rings is 1. The Morgan fingerprint density at radius 1 is 1.33 bits per heavy atom. The fourth-order valence-electron chi connectivity index (χ4n) is 1.58. The molecule has 1 atom stereocenters. The van der Waals surface area contributed by atoms with Crippen LogP contribution in [0.25, 0.3) is 0 Å². The second-order valence-electron chi connectivity index (χ2n) is 3.94. The van der Waals surface area contributed by atoms with Gasteiger partial charge >= 0.3 is 6.18 Å². The maximum atomic E-state index is 13.4. The number of terminal acetylenes is 1. The third-order valence-electron chi connectivity index (χ3n) is 2.56. The van der Waals surface area contributed by atoms with Crippen molar-refractivity contribution >= 4 is 0 Å². The number of alkyl halides is 3. The number of hydrogen-bond donors (Lipinski definition) is 1. The minimum atomic E-state index is -4.50. The quantitative estimate of drug-likeness (QED) is 0.498. The first kappa shape index (κ1) is 14.5. The average molecular weight is 259 g/mol. The lowest BCUT2D eigenvalue weighted by Gasteiger charge is -2.15. The molecule has 98 valence electrons. The van der Waals surface area contributed by atoms with Gasteiger partial charge < -0.3 is 5.73 Å². The van der Waals surface area contributed by atoms with E-state index in [-0.39, 0.29) is 5.56 Å². The molecule has 0 fully saturated rings. The van der Waals surface area contributed by atoms with Crippen molar-refractivity contribution in [3.63, 3.8) is 0 Å². The summed E-state index contributed by atoms with van der Waals surface area (Å²) in [5.74, 6) is 1.67. The van der Waals surface area contributed by atoms with Crippen molar-refractivity contribution < 1.29 is 17.6 Å². The van der Waals surface area contributed by atoms with Crippen LogP contribution in [0.4, 0.5) is 17.6 Å². The maximum absolute atomic E-state index is 13.4. The number of unbranched alkanes of at least 4 members (excludes halogenated alkanes) is 1. The third kappa shape index (κ3) is 3.74. The molecule has 0 radical (unpaired) electrons.